The van der Waals surface area contributed by atoms with Gasteiger partial charge in [-0.25, -0.2) is 13.2 Å². The number of nitro groups is 1. The number of nitrogens with one attached hydrogen (secondary N) is 3. The molecule has 0 saturated heterocycles. The Bertz CT molecular complexity index is 1260. The lowest BCUT2D eigenvalue weighted by Crippen LogP contribution is -2.19. The molecule has 33 heavy (non-hydrogen) atoms. The van der Waals surface area contributed by atoms with E-state index < -0.39 is 21.0 Å². The second kappa shape index (κ2) is 9.78. The van der Waals surface area contributed by atoms with E-state index >= 15 is 0 Å². The van der Waals surface area contributed by atoms with Crippen molar-refractivity contribution in [3.63, 3.8) is 0 Å². The van der Waals surface area contributed by atoms with Crippen LogP contribution in [0.3, 0.4) is 0 Å². The second-order valence-electron chi connectivity index (χ2n) is 6.30. The number of amides is 2. The molecule has 2 aromatic carbocycles. The van der Waals surface area contributed by atoms with Crippen LogP contribution in [0.15, 0.2) is 59.5 Å². The molecule has 0 atom stereocenters. The van der Waals surface area contributed by atoms with Gasteiger partial charge in [-0.1, -0.05) is 6.07 Å². The van der Waals surface area contributed by atoms with E-state index in [1.807, 2.05) is 0 Å². The zero-order chi connectivity index (χ0) is 24.0. The molecule has 1 aromatic heterocycles. The van der Waals surface area contributed by atoms with Crippen LogP contribution in [-0.4, -0.2) is 43.6 Å². The van der Waals surface area contributed by atoms with Gasteiger partial charge in [0.2, 0.25) is 5.88 Å². The van der Waals surface area contributed by atoms with Crippen molar-refractivity contribution < 1.29 is 27.6 Å². The summed E-state index contributed by atoms with van der Waals surface area (Å²) in [5, 5.41) is 15.8. The number of anilines is 3. The van der Waals surface area contributed by atoms with Crippen molar-refractivity contribution in [2.24, 2.45) is 0 Å². The third kappa shape index (κ3) is 6.04. The third-order valence-corrected chi connectivity index (χ3v) is 5.42. The van der Waals surface area contributed by atoms with Gasteiger partial charge in [-0.3, -0.25) is 14.8 Å². The Labute approximate surface area is 188 Å². The summed E-state index contributed by atoms with van der Waals surface area (Å²) in [6.45, 7) is 0. The smallest absolute Gasteiger partial charge is 0.323 e. The van der Waals surface area contributed by atoms with Crippen molar-refractivity contribution in [1.82, 2.24) is 9.97 Å². The van der Waals surface area contributed by atoms with E-state index in [4.69, 9.17) is 9.47 Å². The SMILES string of the molecule is COc1cc(NS(=O)(=O)c2ccc(NC(=O)Nc3cccc([N+](=O)[O-])c3)cc2)nc(OC)n1. The molecule has 3 N–H and O–H groups in total. The molecule has 0 bridgehead atoms. The van der Waals surface area contributed by atoms with Gasteiger partial charge in [0.1, 0.15) is 0 Å². The third-order valence-electron chi connectivity index (χ3n) is 4.05. The molecule has 0 aliphatic heterocycles. The second-order valence-corrected chi connectivity index (χ2v) is 7.98. The minimum absolute atomic E-state index is 0.0581. The van der Waals surface area contributed by atoms with Crippen molar-refractivity contribution in [2.75, 3.05) is 29.6 Å². The number of non-ortho nitro benzene ring substituents is 1. The Morgan fingerprint density at radius 2 is 1.67 bits per heavy atom. The molecule has 13 nitrogen and oxygen atoms in total. The fourth-order valence-corrected chi connectivity index (χ4v) is 3.55. The molecule has 0 unspecified atom stereocenters. The quantitative estimate of drug-likeness (QED) is 0.327. The van der Waals surface area contributed by atoms with Gasteiger partial charge in [-0.15, -0.1) is 0 Å². The Hall–Kier alpha value is -4.46. The molecule has 1 heterocycles. The lowest BCUT2D eigenvalue weighted by Gasteiger charge is -2.11. The molecule has 2 amide bonds. The highest BCUT2D eigenvalue weighted by Gasteiger charge is 2.17. The van der Waals surface area contributed by atoms with E-state index in [0.717, 1.165) is 0 Å². The van der Waals surface area contributed by atoms with Gasteiger partial charge in [0.25, 0.3) is 15.7 Å². The molecule has 0 spiro atoms. The summed E-state index contributed by atoms with van der Waals surface area (Å²) < 4.78 is 37.5. The maximum atomic E-state index is 12.7. The molecule has 3 rings (SSSR count). The van der Waals surface area contributed by atoms with Gasteiger partial charge in [0, 0.05) is 29.6 Å². The van der Waals surface area contributed by atoms with Crippen LogP contribution in [0.5, 0.6) is 11.9 Å². The Morgan fingerprint density at radius 1 is 0.970 bits per heavy atom. The molecule has 0 fully saturated rings. The van der Waals surface area contributed by atoms with Crippen molar-refractivity contribution in [1.29, 1.82) is 0 Å². The lowest BCUT2D eigenvalue weighted by atomic mass is 10.3. The van der Waals surface area contributed by atoms with E-state index in [1.165, 1.54) is 68.8 Å². The predicted molar refractivity (Wildman–Crippen MR) is 118 cm³/mol. The van der Waals surface area contributed by atoms with Crippen LogP contribution in [0.2, 0.25) is 0 Å². The number of hydrogen-bond acceptors (Lipinski definition) is 9. The number of carbonyl (C=O) groups excluding carboxylic acids is 1. The summed E-state index contributed by atoms with van der Waals surface area (Å²) in [6, 6.07) is 11.3. The van der Waals surface area contributed by atoms with Gasteiger partial charge >= 0.3 is 12.0 Å². The van der Waals surface area contributed by atoms with Crippen molar-refractivity contribution in [3.05, 3.63) is 64.7 Å². The minimum atomic E-state index is -4.01. The minimum Gasteiger partial charge on any atom is -0.481 e. The van der Waals surface area contributed by atoms with E-state index in [-0.39, 0.29) is 34.0 Å². The average molecular weight is 474 g/mol. The van der Waals surface area contributed by atoms with Gasteiger partial charge in [0.05, 0.1) is 24.0 Å². The predicted octanol–water partition coefficient (Wildman–Crippen LogP) is 2.85. The molecule has 172 valence electrons. The summed E-state index contributed by atoms with van der Waals surface area (Å²) in [6.07, 6.45) is 0. The Kier molecular flexibility index (Phi) is 6.88. The lowest BCUT2D eigenvalue weighted by molar-refractivity contribution is -0.384. The summed E-state index contributed by atoms with van der Waals surface area (Å²) in [5.74, 6) is 0.0473. The summed E-state index contributed by atoms with van der Waals surface area (Å²) in [4.78, 5) is 30.1. The number of nitro benzene ring substituents is 1. The number of carbonyl (C=O) groups is 1. The van der Waals surface area contributed by atoms with E-state index in [9.17, 15) is 23.3 Å². The van der Waals surface area contributed by atoms with Crippen LogP contribution in [0.1, 0.15) is 0 Å². The first-order chi connectivity index (χ1) is 15.7. The number of ether oxygens (including phenoxy) is 2. The molecular formula is C19H18N6O7S. The van der Waals surface area contributed by atoms with E-state index in [0.29, 0.717) is 5.69 Å². The first-order valence-electron chi connectivity index (χ1n) is 9.12. The molecule has 3 aromatic rings. The van der Waals surface area contributed by atoms with Gasteiger partial charge in [-0.2, -0.15) is 9.97 Å². The summed E-state index contributed by atoms with van der Waals surface area (Å²) in [5.41, 5.74) is 0.344. The van der Waals surface area contributed by atoms with Gasteiger partial charge in [0.15, 0.2) is 5.82 Å². The first kappa shape index (κ1) is 23.2. The molecule has 0 aliphatic rings. The summed E-state index contributed by atoms with van der Waals surface area (Å²) in [7, 11) is -1.32. The van der Waals surface area contributed by atoms with Gasteiger partial charge < -0.3 is 20.1 Å². The fourth-order valence-electron chi connectivity index (χ4n) is 2.56. The number of urea groups is 1. The number of rotatable bonds is 8. The fraction of sp³-hybridized carbons (Fsp3) is 0.105. The van der Waals surface area contributed by atoms with Crippen LogP contribution in [0.4, 0.5) is 27.7 Å². The topological polar surface area (TPSA) is 175 Å². The Morgan fingerprint density at radius 3 is 2.30 bits per heavy atom. The number of methoxy groups -OCH3 is 2. The number of benzene rings is 2. The Balaban J connectivity index is 1.68. The largest absolute Gasteiger partial charge is 0.481 e. The number of aromatic nitrogens is 2. The van der Waals surface area contributed by atoms with E-state index in [2.05, 4.69) is 25.3 Å². The van der Waals surface area contributed by atoms with Crippen LogP contribution in [-0.2, 0) is 10.0 Å². The van der Waals surface area contributed by atoms with Crippen molar-refractivity contribution in [3.8, 4) is 11.9 Å². The first-order valence-corrected chi connectivity index (χ1v) is 10.6. The zero-order valence-corrected chi connectivity index (χ0v) is 18.1. The van der Waals surface area contributed by atoms with Crippen molar-refractivity contribution in [2.45, 2.75) is 4.90 Å². The maximum Gasteiger partial charge on any atom is 0.323 e. The van der Waals surface area contributed by atoms with Crippen LogP contribution >= 0.6 is 0 Å². The monoisotopic (exact) mass is 474 g/mol. The highest BCUT2D eigenvalue weighted by atomic mass is 32.2. The molecule has 0 aliphatic carbocycles. The highest BCUT2D eigenvalue weighted by Crippen LogP contribution is 2.22. The van der Waals surface area contributed by atoms with Crippen molar-refractivity contribution >= 4 is 38.9 Å². The molecule has 14 heteroatoms. The van der Waals surface area contributed by atoms with Crippen LogP contribution < -0.4 is 24.8 Å². The number of hydrogen-bond donors (Lipinski definition) is 3. The number of nitrogens with zero attached hydrogens (tertiary/aromatic N) is 3. The van der Waals surface area contributed by atoms with E-state index in [1.54, 1.807) is 0 Å². The number of sulfonamides is 1. The summed E-state index contributed by atoms with van der Waals surface area (Å²) >= 11 is 0. The average Bonchev–Trinajstić information content (AvgIpc) is 2.78. The standard InChI is InChI=1S/C19H18N6O7S/c1-31-17-11-16(22-19(23-17)32-2)24-33(29,30)15-8-6-12(7-9-15)20-18(26)21-13-4-3-5-14(10-13)25(27)28/h3-11H,1-2H3,(H2,20,21,26)(H,22,23,24). The normalized spacial score (nSPS) is 10.7. The van der Waals surface area contributed by atoms with Crippen LogP contribution in [0.25, 0.3) is 0 Å². The highest BCUT2D eigenvalue weighted by molar-refractivity contribution is 7.92. The van der Waals surface area contributed by atoms with Gasteiger partial charge in [-0.05, 0) is 30.3 Å². The maximum absolute atomic E-state index is 12.7. The molecular weight excluding hydrogens is 456 g/mol. The van der Waals surface area contributed by atoms with Crippen LogP contribution in [0, 0.1) is 10.1 Å². The molecule has 0 radical (unpaired) electrons. The molecule has 0 saturated carbocycles. The zero-order valence-electron chi connectivity index (χ0n) is 17.3.